The number of rotatable bonds is 3. The van der Waals surface area contributed by atoms with Crippen LogP contribution in [0.3, 0.4) is 0 Å². The number of nitrogens with two attached hydrogens (primary N) is 3. The molecule has 223 valence electrons. The molecule has 0 fully saturated rings. The summed E-state index contributed by atoms with van der Waals surface area (Å²) in [4.78, 5) is -1.60. The zero-order valence-electron chi connectivity index (χ0n) is 20.5. The van der Waals surface area contributed by atoms with Gasteiger partial charge in [0.2, 0.25) is 0 Å². The van der Waals surface area contributed by atoms with Gasteiger partial charge < -0.3 is 30.9 Å². The molecule has 12 nitrogen and oxygen atoms in total. The van der Waals surface area contributed by atoms with Crippen LogP contribution in [0, 0.1) is 20.8 Å². The molecular weight excluding hydrogens is 699 g/mol. The minimum absolute atomic E-state index is 0. The fourth-order valence-electron chi connectivity index (χ4n) is 2.77. The molecule has 40 heavy (non-hydrogen) atoms. The zero-order valence-corrected chi connectivity index (χ0v) is 26.3. The number of hydrogen-bond donors (Lipinski definition) is 3. The van der Waals surface area contributed by atoms with Crippen LogP contribution in [0.15, 0.2) is 51.1 Å². The summed E-state index contributed by atoms with van der Waals surface area (Å²) in [5.74, 6) is 0. The molecule has 0 aliphatic heterocycles. The summed E-state index contributed by atoms with van der Waals surface area (Å²) >= 11 is 16.9. The maximum atomic E-state index is 10.7. The van der Waals surface area contributed by atoms with E-state index in [2.05, 4.69) is 0 Å². The number of benzene rings is 3. The average Bonchev–Trinajstić information content (AvgIpc) is 2.75. The number of halogens is 3. The van der Waals surface area contributed by atoms with Gasteiger partial charge in [-0.2, -0.15) is 0 Å². The average molecular weight is 721 g/mol. The van der Waals surface area contributed by atoms with Crippen LogP contribution >= 0.6 is 34.8 Å². The predicted octanol–water partition coefficient (Wildman–Crippen LogP) is 3.40. The molecule has 0 atom stereocenters. The van der Waals surface area contributed by atoms with Crippen molar-refractivity contribution in [2.45, 2.75) is 35.5 Å². The molecule has 0 amide bonds. The van der Waals surface area contributed by atoms with E-state index in [1.807, 2.05) is 0 Å². The van der Waals surface area contributed by atoms with Crippen LogP contribution in [-0.2, 0) is 46.8 Å². The summed E-state index contributed by atoms with van der Waals surface area (Å²) in [6.45, 7) is 4.78. The van der Waals surface area contributed by atoms with Gasteiger partial charge in [-0.1, -0.05) is 53.0 Å². The summed E-state index contributed by atoms with van der Waals surface area (Å²) in [6.07, 6.45) is 0. The first-order valence-corrected chi connectivity index (χ1v) is 15.4. The van der Waals surface area contributed by atoms with Crippen molar-refractivity contribution in [1.29, 1.82) is 0 Å². The summed E-state index contributed by atoms with van der Waals surface area (Å²) in [5, 5.41) is -0.306. The Balaban J connectivity index is 0.000000563. The molecular formula is C21H21Cl3N3NiO9S3. The van der Waals surface area contributed by atoms with Crippen molar-refractivity contribution in [2.24, 2.45) is 0 Å². The molecule has 0 saturated heterocycles. The summed E-state index contributed by atoms with van der Waals surface area (Å²) in [7, 11) is -13.8. The molecule has 0 unspecified atom stereocenters. The summed E-state index contributed by atoms with van der Waals surface area (Å²) in [6, 6.07) is 8.66. The van der Waals surface area contributed by atoms with E-state index in [4.69, 9.17) is 52.0 Å². The van der Waals surface area contributed by atoms with Crippen LogP contribution in [0.2, 0.25) is 15.1 Å². The van der Waals surface area contributed by atoms with Crippen molar-refractivity contribution in [3.63, 3.8) is 0 Å². The van der Waals surface area contributed by atoms with Gasteiger partial charge in [0.05, 0.1) is 46.8 Å². The number of hydrogen-bond acceptors (Lipinski definition) is 12. The van der Waals surface area contributed by atoms with Crippen molar-refractivity contribution in [2.75, 3.05) is 17.2 Å². The second-order valence-electron chi connectivity index (χ2n) is 7.71. The molecule has 19 heteroatoms. The molecule has 0 aliphatic carbocycles. The molecule has 3 aromatic carbocycles. The van der Waals surface area contributed by atoms with Gasteiger partial charge in [-0.15, -0.1) is 0 Å². The third kappa shape index (κ3) is 9.91. The summed E-state index contributed by atoms with van der Waals surface area (Å²) < 4.78 is 96.4. The van der Waals surface area contributed by atoms with Crippen LogP contribution in [0.4, 0.5) is 17.1 Å². The Kier molecular flexibility index (Phi) is 13.7. The van der Waals surface area contributed by atoms with Crippen molar-refractivity contribution in [3.05, 3.63) is 68.2 Å². The molecule has 3 rings (SSSR count). The maximum Gasteiger partial charge on any atom is 3.00 e. The molecule has 0 saturated carbocycles. The van der Waals surface area contributed by atoms with Gasteiger partial charge in [0.25, 0.3) is 0 Å². The van der Waals surface area contributed by atoms with Crippen LogP contribution in [0.1, 0.15) is 16.7 Å². The fraction of sp³-hybridized carbons (Fsp3) is 0.143. The predicted molar refractivity (Wildman–Crippen MR) is 146 cm³/mol. The van der Waals surface area contributed by atoms with E-state index in [0.717, 1.165) is 0 Å². The Bertz CT molecular complexity index is 1530. The Hall–Kier alpha value is -1.85. The van der Waals surface area contributed by atoms with E-state index < -0.39 is 45.0 Å². The van der Waals surface area contributed by atoms with E-state index in [-0.39, 0.29) is 48.6 Å². The van der Waals surface area contributed by atoms with E-state index in [9.17, 15) is 38.9 Å². The minimum atomic E-state index is -4.59. The second-order valence-corrected chi connectivity index (χ2v) is 12.8. The monoisotopic (exact) mass is 718 g/mol. The first-order valence-electron chi connectivity index (χ1n) is 10.0. The van der Waals surface area contributed by atoms with Gasteiger partial charge in [0.1, 0.15) is 30.4 Å². The number of anilines is 3. The second kappa shape index (κ2) is 14.4. The largest absolute Gasteiger partial charge is 3.00 e. The zero-order chi connectivity index (χ0) is 30.7. The van der Waals surface area contributed by atoms with Crippen molar-refractivity contribution in [1.82, 2.24) is 0 Å². The molecule has 0 spiro atoms. The Morgan fingerprint density at radius 3 is 0.800 bits per heavy atom. The Labute approximate surface area is 257 Å². The van der Waals surface area contributed by atoms with E-state index in [0.29, 0.717) is 16.7 Å². The minimum Gasteiger partial charge on any atom is -0.744 e. The molecule has 3 aromatic rings. The van der Waals surface area contributed by atoms with Gasteiger partial charge in [0, 0.05) is 0 Å². The topological polar surface area (TPSA) is 250 Å². The van der Waals surface area contributed by atoms with Gasteiger partial charge in [0.15, 0.2) is 0 Å². The molecule has 0 aromatic heterocycles. The Morgan fingerprint density at radius 2 is 0.675 bits per heavy atom. The molecule has 0 aliphatic rings. The first kappa shape index (κ1) is 38.2. The van der Waals surface area contributed by atoms with Crippen LogP contribution in [0.5, 0.6) is 0 Å². The third-order valence-electron chi connectivity index (χ3n) is 4.71. The van der Waals surface area contributed by atoms with E-state index in [1.165, 1.54) is 18.2 Å². The van der Waals surface area contributed by atoms with Gasteiger partial charge in [-0.05, 0) is 55.7 Å². The third-order valence-corrected chi connectivity index (χ3v) is 9.33. The normalized spacial score (nSPS) is 11.3. The molecule has 0 heterocycles. The SMILES string of the molecule is Cc1ccc(N)c(S(=O)(=O)[O-])c1Cl.Cc1ccc(N)c(S(=O)(=O)[O-])c1Cl.Cc1ccc(N)c(S(=O)(=O)[O-])c1Cl.[Ni+3]. The molecule has 0 bridgehead atoms. The van der Waals surface area contributed by atoms with Crippen molar-refractivity contribution < 1.29 is 55.4 Å². The first-order chi connectivity index (χ1) is 17.5. The Morgan fingerprint density at radius 1 is 0.500 bits per heavy atom. The van der Waals surface area contributed by atoms with Gasteiger partial charge >= 0.3 is 16.5 Å². The fourth-order valence-corrected chi connectivity index (χ4v) is 6.35. The smallest absolute Gasteiger partial charge is 0.744 e. The van der Waals surface area contributed by atoms with Gasteiger partial charge in [-0.25, -0.2) is 25.3 Å². The maximum absolute atomic E-state index is 10.7. The van der Waals surface area contributed by atoms with Crippen molar-refractivity contribution >= 4 is 82.2 Å². The van der Waals surface area contributed by atoms with Crippen LogP contribution < -0.4 is 17.2 Å². The standard InChI is InChI=1S/3C7H8ClNO3S.Ni/c3*1-4-2-3-5(9)7(6(4)8)13(10,11)12;/h3*2-3H,9H2,1H3,(H,10,11,12);/q;;;+3/p-3. The van der Waals surface area contributed by atoms with Crippen LogP contribution in [-0.4, -0.2) is 38.9 Å². The number of aryl methyl sites for hydroxylation is 3. The molecule has 6 N–H and O–H groups in total. The van der Waals surface area contributed by atoms with E-state index >= 15 is 0 Å². The van der Waals surface area contributed by atoms with Crippen molar-refractivity contribution in [3.8, 4) is 0 Å². The van der Waals surface area contributed by atoms with E-state index in [1.54, 1.807) is 39.0 Å². The van der Waals surface area contributed by atoms with Gasteiger partial charge in [-0.3, -0.25) is 0 Å². The quantitative estimate of drug-likeness (QED) is 0.200. The molecule has 1 radical (unpaired) electrons. The van der Waals surface area contributed by atoms with Crippen LogP contribution in [0.25, 0.3) is 0 Å². The summed E-state index contributed by atoms with van der Waals surface area (Å²) in [5.41, 5.74) is 17.1. The number of nitrogen functional groups attached to an aromatic ring is 3.